The SMILES string of the molecule is CCCCOc1ccc(NC(=O)N2CCC(N3C(=O)CSC3=O)C2)cc1. The number of hydrogen-bond donors (Lipinski definition) is 1. The Balaban J connectivity index is 1.51. The van der Waals surface area contributed by atoms with E-state index >= 15 is 0 Å². The maximum atomic E-state index is 12.4. The molecule has 26 heavy (non-hydrogen) atoms. The van der Waals surface area contributed by atoms with E-state index in [0.717, 1.165) is 30.4 Å². The summed E-state index contributed by atoms with van der Waals surface area (Å²) in [7, 11) is 0. The monoisotopic (exact) mass is 377 g/mol. The molecule has 2 fully saturated rings. The molecule has 2 aliphatic heterocycles. The standard InChI is InChI=1S/C18H23N3O4S/c1-2-3-10-25-15-6-4-13(5-7-15)19-17(23)20-9-8-14(11-20)21-16(22)12-26-18(21)24/h4-7,14H,2-3,8-12H2,1H3,(H,19,23). The Hall–Kier alpha value is -2.22. The molecule has 7 nitrogen and oxygen atoms in total. The molecule has 2 saturated heterocycles. The Morgan fingerprint density at radius 3 is 2.73 bits per heavy atom. The average molecular weight is 377 g/mol. The number of ether oxygens (including phenoxy) is 1. The van der Waals surface area contributed by atoms with E-state index in [1.165, 1.54) is 4.90 Å². The lowest BCUT2D eigenvalue weighted by Gasteiger charge is -2.22. The molecule has 0 spiro atoms. The second kappa shape index (κ2) is 8.44. The zero-order valence-electron chi connectivity index (χ0n) is 14.8. The van der Waals surface area contributed by atoms with Crippen molar-refractivity contribution in [2.24, 2.45) is 0 Å². The quantitative estimate of drug-likeness (QED) is 0.771. The van der Waals surface area contributed by atoms with Crippen molar-refractivity contribution in [3.63, 3.8) is 0 Å². The van der Waals surface area contributed by atoms with Crippen molar-refractivity contribution in [2.45, 2.75) is 32.2 Å². The lowest BCUT2D eigenvalue weighted by atomic mass is 10.2. The summed E-state index contributed by atoms with van der Waals surface area (Å²) in [6, 6.07) is 6.82. The summed E-state index contributed by atoms with van der Waals surface area (Å²) in [5, 5.41) is 2.64. The molecular formula is C18H23N3O4S. The first-order valence-corrected chi connectivity index (χ1v) is 9.84. The maximum Gasteiger partial charge on any atom is 0.321 e. The number of nitrogens with one attached hydrogen (secondary N) is 1. The van der Waals surface area contributed by atoms with Crippen molar-refractivity contribution in [1.29, 1.82) is 0 Å². The summed E-state index contributed by atoms with van der Waals surface area (Å²) >= 11 is 1.03. The van der Waals surface area contributed by atoms with E-state index in [4.69, 9.17) is 4.74 Å². The predicted molar refractivity (Wildman–Crippen MR) is 101 cm³/mol. The normalized spacial score (nSPS) is 20.0. The molecule has 2 aliphatic rings. The highest BCUT2D eigenvalue weighted by Gasteiger charge is 2.40. The van der Waals surface area contributed by atoms with Crippen molar-refractivity contribution in [2.75, 3.05) is 30.8 Å². The van der Waals surface area contributed by atoms with Crippen molar-refractivity contribution >= 4 is 34.6 Å². The topological polar surface area (TPSA) is 79.0 Å². The summed E-state index contributed by atoms with van der Waals surface area (Å²) in [6.45, 7) is 3.70. The van der Waals surface area contributed by atoms with E-state index in [1.54, 1.807) is 17.0 Å². The Kier molecular flexibility index (Phi) is 6.03. The Morgan fingerprint density at radius 2 is 2.08 bits per heavy atom. The molecule has 1 N–H and O–H groups in total. The first kappa shape index (κ1) is 18.6. The number of thioether (sulfide) groups is 1. The third-order valence-electron chi connectivity index (χ3n) is 4.47. The third-order valence-corrected chi connectivity index (χ3v) is 5.31. The van der Waals surface area contributed by atoms with Crippen LogP contribution >= 0.6 is 11.8 Å². The van der Waals surface area contributed by atoms with Crippen LogP contribution in [0.4, 0.5) is 15.3 Å². The second-order valence-electron chi connectivity index (χ2n) is 6.36. The van der Waals surface area contributed by atoms with Gasteiger partial charge in [-0.3, -0.25) is 14.5 Å². The number of carbonyl (C=O) groups excluding carboxylic acids is 3. The molecule has 1 atom stereocenters. The number of hydrogen-bond acceptors (Lipinski definition) is 5. The number of rotatable bonds is 6. The van der Waals surface area contributed by atoms with Crippen LogP contribution in [-0.4, -0.2) is 58.5 Å². The van der Waals surface area contributed by atoms with Gasteiger partial charge in [0.15, 0.2) is 0 Å². The van der Waals surface area contributed by atoms with Crippen LogP contribution in [0.15, 0.2) is 24.3 Å². The molecule has 4 amide bonds. The molecule has 0 radical (unpaired) electrons. The van der Waals surface area contributed by atoms with E-state index in [2.05, 4.69) is 12.2 Å². The summed E-state index contributed by atoms with van der Waals surface area (Å²) in [4.78, 5) is 39.0. The summed E-state index contributed by atoms with van der Waals surface area (Å²) in [5.74, 6) is 0.820. The number of benzene rings is 1. The smallest absolute Gasteiger partial charge is 0.321 e. The van der Waals surface area contributed by atoms with E-state index < -0.39 is 0 Å². The molecule has 0 aliphatic carbocycles. The van der Waals surface area contributed by atoms with Crippen LogP contribution in [0.2, 0.25) is 0 Å². The predicted octanol–water partition coefficient (Wildman–Crippen LogP) is 3.17. The van der Waals surface area contributed by atoms with Crippen LogP contribution in [0.3, 0.4) is 0 Å². The van der Waals surface area contributed by atoms with Gasteiger partial charge in [-0.25, -0.2) is 4.79 Å². The van der Waals surface area contributed by atoms with Gasteiger partial charge in [0, 0.05) is 18.8 Å². The van der Waals surface area contributed by atoms with Gasteiger partial charge in [0.25, 0.3) is 5.24 Å². The van der Waals surface area contributed by atoms with Gasteiger partial charge in [-0.15, -0.1) is 0 Å². The first-order valence-electron chi connectivity index (χ1n) is 8.86. The largest absolute Gasteiger partial charge is 0.494 e. The molecule has 8 heteroatoms. The van der Waals surface area contributed by atoms with Gasteiger partial charge in [-0.1, -0.05) is 25.1 Å². The molecule has 1 aromatic rings. The van der Waals surface area contributed by atoms with E-state index in [-0.39, 0.29) is 29.0 Å². The highest BCUT2D eigenvalue weighted by molar-refractivity contribution is 8.14. The van der Waals surface area contributed by atoms with Crippen LogP contribution in [-0.2, 0) is 4.79 Å². The number of unbranched alkanes of at least 4 members (excludes halogenated alkanes) is 1. The molecule has 1 aromatic carbocycles. The van der Waals surface area contributed by atoms with Crippen molar-refractivity contribution in [1.82, 2.24) is 9.80 Å². The Labute approximate surface area is 157 Å². The van der Waals surface area contributed by atoms with Gasteiger partial charge in [0.05, 0.1) is 18.4 Å². The van der Waals surface area contributed by atoms with Crippen LogP contribution < -0.4 is 10.1 Å². The zero-order valence-corrected chi connectivity index (χ0v) is 15.6. The molecule has 0 bridgehead atoms. The Bertz CT molecular complexity index is 664. The van der Waals surface area contributed by atoms with Crippen LogP contribution in [0.1, 0.15) is 26.2 Å². The lowest BCUT2D eigenvalue weighted by Crippen LogP contribution is -2.42. The highest BCUT2D eigenvalue weighted by Crippen LogP contribution is 2.26. The van der Waals surface area contributed by atoms with E-state index in [0.29, 0.717) is 31.8 Å². The number of nitrogens with zero attached hydrogens (tertiary/aromatic N) is 2. The number of urea groups is 1. The van der Waals surface area contributed by atoms with Gasteiger partial charge in [-0.2, -0.15) is 0 Å². The zero-order chi connectivity index (χ0) is 18.5. The molecule has 0 saturated carbocycles. The fraction of sp³-hybridized carbons (Fsp3) is 0.500. The number of anilines is 1. The van der Waals surface area contributed by atoms with Gasteiger partial charge in [0.2, 0.25) is 5.91 Å². The minimum absolute atomic E-state index is 0.161. The lowest BCUT2D eigenvalue weighted by molar-refractivity contribution is -0.126. The molecule has 3 rings (SSSR count). The van der Waals surface area contributed by atoms with Crippen LogP contribution in [0.25, 0.3) is 0 Å². The minimum atomic E-state index is -0.223. The summed E-state index contributed by atoms with van der Waals surface area (Å²) in [6.07, 6.45) is 2.71. The number of likely N-dealkylation sites (tertiary alicyclic amines) is 1. The fourth-order valence-corrected chi connectivity index (χ4v) is 3.80. The fourth-order valence-electron chi connectivity index (χ4n) is 3.03. The van der Waals surface area contributed by atoms with Crippen molar-refractivity contribution < 1.29 is 19.1 Å². The van der Waals surface area contributed by atoms with E-state index in [1.807, 2.05) is 12.1 Å². The van der Waals surface area contributed by atoms with Gasteiger partial charge in [0.1, 0.15) is 5.75 Å². The van der Waals surface area contributed by atoms with Crippen LogP contribution in [0.5, 0.6) is 5.75 Å². The molecule has 2 heterocycles. The van der Waals surface area contributed by atoms with Crippen molar-refractivity contribution in [3.8, 4) is 5.75 Å². The molecule has 1 unspecified atom stereocenters. The van der Waals surface area contributed by atoms with E-state index in [9.17, 15) is 14.4 Å². The second-order valence-corrected chi connectivity index (χ2v) is 7.29. The number of carbonyl (C=O) groups is 3. The number of amides is 4. The van der Waals surface area contributed by atoms with Gasteiger partial charge < -0.3 is 15.0 Å². The number of imide groups is 1. The summed E-state index contributed by atoms with van der Waals surface area (Å²) in [5.41, 5.74) is 0.685. The minimum Gasteiger partial charge on any atom is -0.494 e. The average Bonchev–Trinajstić information content (AvgIpc) is 3.23. The van der Waals surface area contributed by atoms with Gasteiger partial charge in [-0.05, 0) is 37.1 Å². The first-order chi connectivity index (χ1) is 12.6. The van der Waals surface area contributed by atoms with Gasteiger partial charge >= 0.3 is 6.03 Å². The molecule has 0 aromatic heterocycles. The van der Waals surface area contributed by atoms with Crippen molar-refractivity contribution in [3.05, 3.63) is 24.3 Å². The summed E-state index contributed by atoms with van der Waals surface area (Å²) < 4.78 is 5.60. The third kappa shape index (κ3) is 4.30. The van der Waals surface area contributed by atoms with Crippen LogP contribution in [0, 0.1) is 0 Å². The molecular weight excluding hydrogens is 354 g/mol. The Morgan fingerprint density at radius 1 is 1.31 bits per heavy atom. The molecule has 140 valence electrons. The highest BCUT2D eigenvalue weighted by atomic mass is 32.2. The maximum absolute atomic E-state index is 12.4.